The molecule has 0 aliphatic carbocycles. The first-order valence-corrected chi connectivity index (χ1v) is 7.08. The number of nitrogens with zero attached hydrogens (tertiary/aromatic N) is 2. The molecule has 1 saturated heterocycles. The van der Waals surface area contributed by atoms with E-state index in [1.165, 1.54) is 0 Å². The first-order valence-electron chi connectivity index (χ1n) is 6.70. The van der Waals surface area contributed by atoms with E-state index in [1.807, 2.05) is 22.9 Å². The number of amides is 1. The van der Waals surface area contributed by atoms with Crippen LogP contribution in [0.1, 0.15) is 5.56 Å². The Labute approximate surface area is 124 Å². The third kappa shape index (κ3) is 4.10. The van der Waals surface area contributed by atoms with Crippen LogP contribution in [0.3, 0.4) is 0 Å². The van der Waals surface area contributed by atoms with Gasteiger partial charge in [-0.25, -0.2) is 0 Å². The van der Waals surface area contributed by atoms with Gasteiger partial charge in [0.1, 0.15) is 5.75 Å². The summed E-state index contributed by atoms with van der Waals surface area (Å²) in [6, 6.07) is 5.11. The van der Waals surface area contributed by atoms with Crippen molar-refractivity contribution in [3.8, 4) is 5.75 Å². The average molecular weight is 298 g/mol. The first kappa shape index (κ1) is 15.1. The second-order valence-electron chi connectivity index (χ2n) is 5.09. The third-order valence-corrected chi connectivity index (χ3v) is 3.64. The van der Waals surface area contributed by atoms with Gasteiger partial charge < -0.3 is 15.3 Å². The minimum absolute atomic E-state index is 0.0787. The fourth-order valence-corrected chi connectivity index (χ4v) is 2.46. The van der Waals surface area contributed by atoms with Crippen molar-refractivity contribution >= 4 is 17.5 Å². The van der Waals surface area contributed by atoms with Crippen LogP contribution in [0, 0.1) is 0 Å². The molecule has 2 N–H and O–H groups in total. The molecule has 1 amide bonds. The number of phenolic OH excluding ortho intramolecular Hbond substituents is 1. The van der Waals surface area contributed by atoms with Crippen molar-refractivity contribution in [3.63, 3.8) is 0 Å². The van der Waals surface area contributed by atoms with E-state index in [0.29, 0.717) is 18.1 Å². The summed E-state index contributed by atoms with van der Waals surface area (Å²) in [7, 11) is 1.90. The molecule has 1 aliphatic rings. The fraction of sp³-hybridized carbons (Fsp3) is 0.500. The molecule has 0 bridgehead atoms. The Morgan fingerprint density at radius 2 is 2.15 bits per heavy atom. The highest BCUT2D eigenvalue weighted by Gasteiger charge is 2.17. The van der Waals surface area contributed by atoms with Gasteiger partial charge in [0.25, 0.3) is 0 Å². The Morgan fingerprint density at radius 3 is 2.80 bits per heavy atom. The minimum Gasteiger partial charge on any atom is -0.506 e. The molecular formula is C14H20ClN3O2. The monoisotopic (exact) mass is 297 g/mol. The van der Waals surface area contributed by atoms with E-state index >= 15 is 0 Å². The van der Waals surface area contributed by atoms with E-state index in [0.717, 1.165) is 31.7 Å². The van der Waals surface area contributed by atoms with E-state index in [1.54, 1.807) is 12.1 Å². The molecule has 0 aromatic heterocycles. The molecule has 0 unspecified atom stereocenters. The van der Waals surface area contributed by atoms with Crippen LogP contribution in [-0.2, 0) is 11.3 Å². The highest BCUT2D eigenvalue weighted by atomic mass is 35.5. The lowest BCUT2D eigenvalue weighted by Crippen LogP contribution is -2.49. The highest BCUT2D eigenvalue weighted by Crippen LogP contribution is 2.24. The lowest BCUT2D eigenvalue weighted by molar-refractivity contribution is -0.132. The summed E-state index contributed by atoms with van der Waals surface area (Å²) >= 11 is 5.87. The molecule has 0 radical (unpaired) electrons. The van der Waals surface area contributed by atoms with Gasteiger partial charge in [0.05, 0.1) is 11.6 Å². The van der Waals surface area contributed by atoms with Crippen molar-refractivity contribution in [1.82, 2.24) is 15.1 Å². The van der Waals surface area contributed by atoms with Crippen LogP contribution in [0.5, 0.6) is 5.75 Å². The Bertz CT molecular complexity index is 475. The normalized spacial score (nSPS) is 15.7. The number of benzene rings is 1. The SMILES string of the molecule is CN(CC(=O)N1CCNCC1)Cc1ccc(O)c(Cl)c1. The first-order chi connectivity index (χ1) is 9.56. The number of hydrogen-bond donors (Lipinski definition) is 2. The molecule has 1 aliphatic heterocycles. The van der Waals surface area contributed by atoms with Crippen LogP contribution in [0.25, 0.3) is 0 Å². The molecule has 0 saturated carbocycles. The van der Waals surface area contributed by atoms with Crippen LogP contribution < -0.4 is 5.32 Å². The average Bonchev–Trinajstić information content (AvgIpc) is 2.44. The van der Waals surface area contributed by atoms with Gasteiger partial charge in [-0.05, 0) is 24.7 Å². The highest BCUT2D eigenvalue weighted by molar-refractivity contribution is 6.32. The molecular weight excluding hydrogens is 278 g/mol. The standard InChI is InChI=1S/C14H20ClN3O2/c1-17(9-11-2-3-13(19)12(15)8-11)10-14(20)18-6-4-16-5-7-18/h2-3,8,16,19H,4-7,9-10H2,1H3. The Kier molecular flexibility index (Phi) is 5.23. The number of phenols is 1. The molecule has 6 heteroatoms. The summed E-state index contributed by atoms with van der Waals surface area (Å²) in [6.45, 7) is 4.29. The maximum Gasteiger partial charge on any atom is 0.236 e. The Hall–Kier alpha value is -1.30. The van der Waals surface area contributed by atoms with E-state index in [9.17, 15) is 9.90 Å². The maximum absolute atomic E-state index is 12.1. The van der Waals surface area contributed by atoms with Gasteiger partial charge in [0.2, 0.25) is 5.91 Å². The number of rotatable bonds is 4. The molecule has 1 aromatic carbocycles. The molecule has 1 aromatic rings. The smallest absolute Gasteiger partial charge is 0.236 e. The zero-order valence-corrected chi connectivity index (χ0v) is 12.4. The van der Waals surface area contributed by atoms with Gasteiger partial charge in [-0.2, -0.15) is 0 Å². The number of carbonyl (C=O) groups excluding carboxylic acids is 1. The lowest BCUT2D eigenvalue weighted by Gasteiger charge is -2.29. The molecule has 20 heavy (non-hydrogen) atoms. The van der Waals surface area contributed by atoms with Gasteiger partial charge in [0, 0.05) is 32.7 Å². The number of halogens is 1. The van der Waals surface area contributed by atoms with Crippen molar-refractivity contribution in [2.24, 2.45) is 0 Å². The number of aromatic hydroxyl groups is 1. The van der Waals surface area contributed by atoms with Crippen molar-refractivity contribution < 1.29 is 9.90 Å². The van der Waals surface area contributed by atoms with Gasteiger partial charge in [0.15, 0.2) is 0 Å². The lowest BCUT2D eigenvalue weighted by atomic mass is 10.2. The van der Waals surface area contributed by atoms with Gasteiger partial charge in [-0.15, -0.1) is 0 Å². The van der Waals surface area contributed by atoms with Crippen molar-refractivity contribution in [3.05, 3.63) is 28.8 Å². The summed E-state index contributed by atoms with van der Waals surface area (Å²) in [5, 5.41) is 12.9. The summed E-state index contributed by atoms with van der Waals surface area (Å²) in [5.41, 5.74) is 0.975. The second-order valence-corrected chi connectivity index (χ2v) is 5.50. The molecule has 0 atom stereocenters. The van der Waals surface area contributed by atoms with Crippen molar-refractivity contribution in [1.29, 1.82) is 0 Å². The number of carbonyl (C=O) groups is 1. The molecule has 0 spiro atoms. The van der Waals surface area contributed by atoms with Gasteiger partial charge in [-0.3, -0.25) is 9.69 Å². The summed E-state index contributed by atoms with van der Waals surface area (Å²) in [4.78, 5) is 15.9. The Balaban J connectivity index is 1.86. The quantitative estimate of drug-likeness (QED) is 0.867. The largest absolute Gasteiger partial charge is 0.506 e. The van der Waals surface area contributed by atoms with Crippen LogP contribution >= 0.6 is 11.6 Å². The third-order valence-electron chi connectivity index (χ3n) is 3.34. The van der Waals surface area contributed by atoms with Crippen LogP contribution in [-0.4, -0.2) is 60.6 Å². The number of piperazine rings is 1. The number of hydrogen-bond acceptors (Lipinski definition) is 4. The number of likely N-dealkylation sites (N-methyl/N-ethyl adjacent to an activating group) is 1. The maximum atomic E-state index is 12.1. The van der Waals surface area contributed by atoms with E-state index in [-0.39, 0.29) is 11.7 Å². The molecule has 1 heterocycles. The van der Waals surface area contributed by atoms with E-state index < -0.39 is 0 Å². The predicted molar refractivity (Wildman–Crippen MR) is 78.9 cm³/mol. The number of nitrogens with one attached hydrogen (secondary N) is 1. The van der Waals surface area contributed by atoms with Crippen LogP contribution in [0.2, 0.25) is 5.02 Å². The topological polar surface area (TPSA) is 55.8 Å². The van der Waals surface area contributed by atoms with Gasteiger partial charge >= 0.3 is 0 Å². The zero-order valence-electron chi connectivity index (χ0n) is 11.6. The molecule has 110 valence electrons. The summed E-state index contributed by atoms with van der Waals surface area (Å²) < 4.78 is 0. The Morgan fingerprint density at radius 1 is 1.45 bits per heavy atom. The van der Waals surface area contributed by atoms with Gasteiger partial charge in [-0.1, -0.05) is 17.7 Å². The predicted octanol–water partition coefficient (Wildman–Crippen LogP) is 0.909. The fourth-order valence-electron chi connectivity index (χ4n) is 2.26. The summed E-state index contributed by atoms with van der Waals surface area (Å²) in [5.74, 6) is 0.230. The van der Waals surface area contributed by atoms with E-state index in [4.69, 9.17) is 11.6 Å². The molecule has 1 fully saturated rings. The minimum atomic E-state index is 0.0787. The molecule has 2 rings (SSSR count). The van der Waals surface area contributed by atoms with E-state index in [2.05, 4.69) is 5.32 Å². The van der Waals surface area contributed by atoms with Crippen molar-refractivity contribution in [2.75, 3.05) is 39.8 Å². The van der Waals surface area contributed by atoms with Crippen LogP contribution in [0.15, 0.2) is 18.2 Å². The van der Waals surface area contributed by atoms with Crippen molar-refractivity contribution in [2.45, 2.75) is 6.54 Å². The molecule has 5 nitrogen and oxygen atoms in total. The second kappa shape index (κ2) is 6.92. The summed E-state index contributed by atoms with van der Waals surface area (Å²) in [6.07, 6.45) is 0. The van der Waals surface area contributed by atoms with Crippen LogP contribution in [0.4, 0.5) is 0 Å². The zero-order chi connectivity index (χ0) is 14.5.